The van der Waals surface area contributed by atoms with Gasteiger partial charge in [0.05, 0.1) is 5.92 Å². The van der Waals surface area contributed by atoms with Gasteiger partial charge in [0.1, 0.15) is 11.6 Å². The molecule has 2 rings (SSSR count). The highest BCUT2D eigenvalue weighted by molar-refractivity contribution is 6.05. The average Bonchev–Trinajstić information content (AvgIpc) is 2.19. The molecule has 0 aromatic heterocycles. The van der Waals surface area contributed by atoms with Gasteiger partial charge in [-0.05, 0) is 23.7 Å². The highest BCUT2D eigenvalue weighted by Gasteiger charge is 2.59. The van der Waals surface area contributed by atoms with Gasteiger partial charge in [-0.25, -0.2) is 0 Å². The maximum atomic E-state index is 11.8. The number of carbonyl (C=O) groups is 2. The third kappa shape index (κ3) is 1.03. The molecule has 2 atom stereocenters. The first-order chi connectivity index (χ1) is 6.38. The van der Waals surface area contributed by atoms with Gasteiger partial charge in [0.2, 0.25) is 0 Å². The lowest BCUT2D eigenvalue weighted by molar-refractivity contribution is -0.137. The summed E-state index contributed by atoms with van der Waals surface area (Å²) in [5, 5.41) is 0. The summed E-state index contributed by atoms with van der Waals surface area (Å²) in [6.45, 7) is 6.38. The molecule has 0 radical (unpaired) electrons. The van der Waals surface area contributed by atoms with E-state index >= 15 is 0 Å². The molecule has 2 heteroatoms. The number of carbonyl (C=O) groups excluding carboxylic acids is 2. The van der Waals surface area contributed by atoms with Crippen molar-refractivity contribution in [2.45, 2.75) is 46.5 Å². The molecule has 2 fully saturated rings. The molecule has 0 aliphatic heterocycles. The Bertz CT molecular complexity index is 303. The van der Waals surface area contributed by atoms with E-state index in [1.54, 1.807) is 0 Å². The highest BCUT2D eigenvalue weighted by atomic mass is 16.2. The summed E-state index contributed by atoms with van der Waals surface area (Å²) in [6, 6.07) is 0. The predicted octanol–water partition coefficient (Wildman–Crippen LogP) is 2.36. The minimum atomic E-state index is -0.286. The van der Waals surface area contributed by atoms with Crippen LogP contribution in [0.15, 0.2) is 0 Å². The molecule has 0 saturated heterocycles. The molecule has 2 nitrogen and oxygen atoms in total. The average molecular weight is 194 g/mol. The first kappa shape index (κ1) is 9.88. The van der Waals surface area contributed by atoms with Crippen LogP contribution in [0.1, 0.15) is 46.5 Å². The van der Waals surface area contributed by atoms with Crippen LogP contribution in [0, 0.1) is 16.7 Å². The van der Waals surface area contributed by atoms with Crippen LogP contribution in [0.3, 0.4) is 0 Å². The van der Waals surface area contributed by atoms with Crippen LogP contribution >= 0.6 is 0 Å². The van der Waals surface area contributed by atoms with Gasteiger partial charge in [-0.3, -0.25) is 9.59 Å². The third-order valence-corrected chi connectivity index (χ3v) is 4.56. The van der Waals surface area contributed by atoms with Crippen LogP contribution in [0.25, 0.3) is 0 Å². The Morgan fingerprint density at radius 3 is 2.36 bits per heavy atom. The zero-order valence-electron chi connectivity index (χ0n) is 9.22. The van der Waals surface area contributed by atoms with Crippen molar-refractivity contribution in [3.8, 4) is 0 Å². The van der Waals surface area contributed by atoms with Crippen LogP contribution in [0.2, 0.25) is 0 Å². The van der Waals surface area contributed by atoms with Crippen molar-refractivity contribution in [3.63, 3.8) is 0 Å². The Balaban J connectivity index is 2.45. The highest BCUT2D eigenvalue weighted by Crippen LogP contribution is 2.59. The van der Waals surface area contributed by atoms with Gasteiger partial charge in [-0.15, -0.1) is 0 Å². The minimum Gasteiger partial charge on any atom is -0.299 e. The van der Waals surface area contributed by atoms with Crippen LogP contribution in [-0.4, -0.2) is 11.6 Å². The first-order valence-corrected chi connectivity index (χ1v) is 5.44. The second-order valence-corrected chi connectivity index (χ2v) is 5.70. The van der Waals surface area contributed by atoms with Crippen molar-refractivity contribution < 1.29 is 9.59 Å². The van der Waals surface area contributed by atoms with E-state index in [1.165, 1.54) is 0 Å². The van der Waals surface area contributed by atoms with Crippen molar-refractivity contribution in [2.24, 2.45) is 16.7 Å². The van der Waals surface area contributed by atoms with Crippen molar-refractivity contribution >= 4 is 11.6 Å². The molecule has 0 N–H and O–H groups in total. The second-order valence-electron chi connectivity index (χ2n) is 5.70. The van der Waals surface area contributed by atoms with Crippen molar-refractivity contribution in [3.05, 3.63) is 0 Å². The lowest BCUT2D eigenvalue weighted by atomic mass is 9.59. The van der Waals surface area contributed by atoms with E-state index in [2.05, 4.69) is 20.8 Å². The molecule has 0 spiro atoms. The van der Waals surface area contributed by atoms with Gasteiger partial charge in [0.25, 0.3) is 0 Å². The molecule has 0 aromatic carbocycles. The van der Waals surface area contributed by atoms with Gasteiger partial charge in [-0.1, -0.05) is 20.8 Å². The molecule has 0 aromatic rings. The summed E-state index contributed by atoms with van der Waals surface area (Å²) in [4.78, 5) is 23.6. The smallest absolute Gasteiger partial charge is 0.144 e. The van der Waals surface area contributed by atoms with Gasteiger partial charge < -0.3 is 0 Å². The Hall–Kier alpha value is -0.660. The minimum absolute atomic E-state index is 0.00479. The van der Waals surface area contributed by atoms with E-state index in [9.17, 15) is 9.59 Å². The maximum absolute atomic E-state index is 11.8. The number of ketones is 2. The molecule has 2 aliphatic rings. The second kappa shape index (κ2) is 2.68. The summed E-state index contributed by atoms with van der Waals surface area (Å²) in [5.41, 5.74) is -0.0652. The standard InChI is InChI=1S/C12H18O2/c1-11(2)7-9(14)10-8(13)5-4-6-12(10,11)3/h10H,4-7H2,1-3H3/t10-,12-/m1/s1. The molecule has 78 valence electrons. The molecule has 0 bridgehead atoms. The van der Waals surface area contributed by atoms with E-state index in [4.69, 9.17) is 0 Å². The molecular weight excluding hydrogens is 176 g/mol. The quantitative estimate of drug-likeness (QED) is 0.555. The Labute approximate surface area is 85.1 Å². The van der Waals surface area contributed by atoms with Crippen molar-refractivity contribution in [1.82, 2.24) is 0 Å². The van der Waals surface area contributed by atoms with Gasteiger partial charge >= 0.3 is 0 Å². The lowest BCUT2D eigenvalue weighted by Crippen LogP contribution is -2.42. The lowest BCUT2D eigenvalue weighted by Gasteiger charge is -2.43. The van der Waals surface area contributed by atoms with Gasteiger partial charge in [-0.2, -0.15) is 0 Å². The van der Waals surface area contributed by atoms with Crippen LogP contribution in [-0.2, 0) is 9.59 Å². The van der Waals surface area contributed by atoms with Crippen molar-refractivity contribution in [1.29, 1.82) is 0 Å². The van der Waals surface area contributed by atoms with E-state index in [0.29, 0.717) is 12.8 Å². The summed E-state index contributed by atoms with van der Waals surface area (Å²) < 4.78 is 0. The Morgan fingerprint density at radius 2 is 1.79 bits per heavy atom. The number of rotatable bonds is 0. The summed E-state index contributed by atoms with van der Waals surface area (Å²) in [7, 11) is 0. The number of hydrogen-bond acceptors (Lipinski definition) is 2. The topological polar surface area (TPSA) is 34.1 Å². The van der Waals surface area contributed by atoms with Gasteiger partial charge in [0, 0.05) is 12.8 Å². The molecule has 0 heterocycles. The zero-order valence-corrected chi connectivity index (χ0v) is 9.22. The van der Waals surface area contributed by atoms with Crippen molar-refractivity contribution in [2.75, 3.05) is 0 Å². The Kier molecular flexibility index (Phi) is 1.89. The fraction of sp³-hybridized carbons (Fsp3) is 0.833. The van der Waals surface area contributed by atoms with E-state index in [-0.39, 0.29) is 28.3 Å². The fourth-order valence-corrected chi connectivity index (χ4v) is 3.28. The fourth-order valence-electron chi connectivity index (χ4n) is 3.28. The first-order valence-electron chi connectivity index (χ1n) is 5.44. The number of hydrogen-bond donors (Lipinski definition) is 0. The molecule has 0 amide bonds. The molecular formula is C12H18O2. The maximum Gasteiger partial charge on any atom is 0.144 e. The Morgan fingerprint density at radius 1 is 1.14 bits per heavy atom. The van der Waals surface area contributed by atoms with Crippen LogP contribution in [0.5, 0.6) is 0 Å². The number of Topliss-reactive ketones (excluding diaryl/α,β-unsaturated/α-hetero) is 2. The van der Waals surface area contributed by atoms with Crippen LogP contribution < -0.4 is 0 Å². The molecule has 2 aliphatic carbocycles. The third-order valence-electron chi connectivity index (χ3n) is 4.56. The summed E-state index contributed by atoms with van der Waals surface area (Å²) in [5.74, 6) is 0.0859. The summed E-state index contributed by atoms with van der Waals surface area (Å²) >= 11 is 0. The predicted molar refractivity (Wildman–Crippen MR) is 53.9 cm³/mol. The molecule has 14 heavy (non-hydrogen) atoms. The van der Waals surface area contributed by atoms with E-state index < -0.39 is 0 Å². The monoisotopic (exact) mass is 194 g/mol. The van der Waals surface area contributed by atoms with E-state index in [1.807, 2.05) is 0 Å². The van der Waals surface area contributed by atoms with Gasteiger partial charge in [0.15, 0.2) is 0 Å². The normalized spacial score (nSPS) is 41.2. The zero-order chi connectivity index (χ0) is 10.6. The number of fused-ring (bicyclic) bond motifs is 1. The molecule has 0 unspecified atom stereocenters. The largest absolute Gasteiger partial charge is 0.299 e. The molecule has 2 saturated carbocycles. The van der Waals surface area contributed by atoms with Crippen LogP contribution in [0.4, 0.5) is 0 Å². The SMILES string of the molecule is CC1(C)CC(=O)[C@H]2C(=O)CCC[C@]21C. The van der Waals surface area contributed by atoms with E-state index in [0.717, 1.165) is 12.8 Å². The summed E-state index contributed by atoms with van der Waals surface area (Å²) in [6.07, 6.45) is 3.19.